The second-order valence-corrected chi connectivity index (χ2v) is 7.11. The largest absolute Gasteiger partial charge is 0.497 e. The Morgan fingerprint density at radius 2 is 2.28 bits per heavy atom. The number of nitriles is 1. The maximum Gasteiger partial charge on any atom is 0.495 e. The van der Waals surface area contributed by atoms with E-state index in [0.29, 0.717) is 49.2 Å². The average molecular weight is 395 g/mol. The third kappa shape index (κ3) is 3.98. The highest BCUT2D eigenvalue weighted by molar-refractivity contribution is 6.62. The topological polar surface area (TPSA) is 122 Å². The van der Waals surface area contributed by atoms with Gasteiger partial charge in [-0.25, -0.2) is 4.98 Å². The molecule has 9 nitrogen and oxygen atoms in total. The molecule has 0 bridgehead atoms. The van der Waals surface area contributed by atoms with Gasteiger partial charge in [0, 0.05) is 35.6 Å². The number of hydrogen-bond donors (Lipinski definition) is 3. The van der Waals surface area contributed by atoms with Gasteiger partial charge in [-0.1, -0.05) is 0 Å². The van der Waals surface area contributed by atoms with E-state index in [1.165, 1.54) is 0 Å². The van der Waals surface area contributed by atoms with E-state index >= 15 is 0 Å². The van der Waals surface area contributed by atoms with E-state index in [9.17, 15) is 10.3 Å². The smallest absolute Gasteiger partial charge is 0.495 e. The van der Waals surface area contributed by atoms with E-state index in [1.807, 2.05) is 13.0 Å². The second-order valence-electron chi connectivity index (χ2n) is 7.11. The van der Waals surface area contributed by atoms with Crippen LogP contribution in [0.2, 0.25) is 0 Å². The van der Waals surface area contributed by atoms with Crippen LogP contribution in [0.3, 0.4) is 0 Å². The fourth-order valence-electron chi connectivity index (χ4n) is 3.56. The summed E-state index contributed by atoms with van der Waals surface area (Å²) in [6, 6.07) is 5.88. The second kappa shape index (κ2) is 8.25. The molecule has 2 aliphatic rings. The van der Waals surface area contributed by atoms with E-state index < -0.39 is 7.12 Å². The van der Waals surface area contributed by atoms with Crippen molar-refractivity contribution in [3.8, 4) is 11.8 Å². The van der Waals surface area contributed by atoms with Gasteiger partial charge >= 0.3 is 7.12 Å². The van der Waals surface area contributed by atoms with Crippen LogP contribution in [0.1, 0.15) is 17.5 Å². The molecule has 10 heteroatoms. The number of ether oxygens (including phenoxy) is 2. The van der Waals surface area contributed by atoms with Gasteiger partial charge in [0.2, 0.25) is 5.95 Å². The number of rotatable bonds is 5. The van der Waals surface area contributed by atoms with Crippen molar-refractivity contribution < 1.29 is 19.2 Å². The molecule has 150 valence electrons. The maximum atomic E-state index is 9.95. The van der Waals surface area contributed by atoms with Crippen LogP contribution in [-0.4, -0.2) is 48.5 Å². The monoisotopic (exact) mass is 395 g/mol. The average Bonchev–Trinajstić information content (AvgIpc) is 3.11. The minimum absolute atomic E-state index is 0.117. The molecule has 1 aromatic carbocycles. The lowest BCUT2D eigenvalue weighted by atomic mass is 9.78. The molecule has 4 rings (SSSR count). The van der Waals surface area contributed by atoms with Gasteiger partial charge < -0.3 is 29.8 Å². The van der Waals surface area contributed by atoms with Crippen LogP contribution in [0.15, 0.2) is 18.3 Å². The van der Waals surface area contributed by atoms with Crippen molar-refractivity contribution >= 4 is 30.0 Å². The molecule has 0 aliphatic carbocycles. The molecule has 0 amide bonds. The molecule has 2 aliphatic heterocycles. The summed E-state index contributed by atoms with van der Waals surface area (Å²) in [6.07, 6.45) is 2.42. The van der Waals surface area contributed by atoms with Crippen LogP contribution >= 0.6 is 0 Å². The third-order valence-corrected chi connectivity index (χ3v) is 5.16. The Hall–Kier alpha value is -2.87. The summed E-state index contributed by atoms with van der Waals surface area (Å²) in [6.45, 7) is 3.29. The Kier molecular flexibility index (Phi) is 5.53. The van der Waals surface area contributed by atoms with Crippen molar-refractivity contribution in [2.45, 2.75) is 26.0 Å². The molecule has 0 unspecified atom stereocenters. The lowest BCUT2D eigenvalue weighted by molar-refractivity contribution is 0.0698. The minimum Gasteiger partial charge on any atom is -0.497 e. The van der Waals surface area contributed by atoms with Gasteiger partial charge in [-0.05, 0) is 25.0 Å². The highest BCUT2D eigenvalue weighted by Gasteiger charge is 2.32. The van der Waals surface area contributed by atoms with Gasteiger partial charge in [-0.2, -0.15) is 10.2 Å². The molecule has 3 heterocycles. The zero-order chi connectivity index (χ0) is 20.4. The van der Waals surface area contributed by atoms with Crippen molar-refractivity contribution in [3.05, 3.63) is 29.5 Å². The van der Waals surface area contributed by atoms with Gasteiger partial charge in [-0.15, -0.1) is 0 Å². The van der Waals surface area contributed by atoms with Crippen LogP contribution in [0, 0.1) is 24.2 Å². The van der Waals surface area contributed by atoms with E-state index in [0.717, 1.165) is 16.8 Å². The summed E-state index contributed by atoms with van der Waals surface area (Å²) in [7, 11) is 0.568. The van der Waals surface area contributed by atoms with Crippen LogP contribution < -0.4 is 20.8 Å². The lowest BCUT2D eigenvalue weighted by Crippen LogP contribution is -2.38. The highest BCUT2D eigenvalue weighted by Crippen LogP contribution is 2.27. The number of nitrogens with zero attached hydrogens (tertiary/aromatic N) is 3. The Bertz CT molecular complexity index is 951. The normalized spacial score (nSPS) is 20.7. The van der Waals surface area contributed by atoms with Crippen molar-refractivity contribution in [3.63, 3.8) is 0 Å². The summed E-state index contributed by atoms with van der Waals surface area (Å²) in [4.78, 5) is 8.93. The van der Waals surface area contributed by atoms with Crippen LogP contribution in [-0.2, 0) is 16.0 Å². The van der Waals surface area contributed by atoms with Crippen molar-refractivity contribution in [2.75, 3.05) is 31.0 Å². The Morgan fingerprint density at radius 3 is 3.07 bits per heavy atom. The van der Waals surface area contributed by atoms with Gasteiger partial charge in [0.1, 0.15) is 11.6 Å². The van der Waals surface area contributed by atoms with Gasteiger partial charge in [-0.3, -0.25) is 0 Å². The summed E-state index contributed by atoms with van der Waals surface area (Å²) in [5, 5.41) is 25.8. The molecule has 1 fully saturated rings. The Balaban J connectivity index is 1.56. The fraction of sp³-hybridized carbons (Fsp3) is 0.421. The first kappa shape index (κ1) is 19.5. The number of aromatic nitrogens is 2. The zero-order valence-corrected chi connectivity index (χ0v) is 16.3. The SMILES string of the molecule is COc1cc(Nc2ncc(C)c(N[C@@H]3COCC[C@H]3C#N)n2)cc2c1B(O)OC2. The fourth-order valence-corrected chi connectivity index (χ4v) is 3.56. The lowest BCUT2D eigenvalue weighted by Gasteiger charge is -2.28. The first-order valence-corrected chi connectivity index (χ1v) is 9.44. The number of hydrogen-bond acceptors (Lipinski definition) is 9. The highest BCUT2D eigenvalue weighted by atomic mass is 16.5. The van der Waals surface area contributed by atoms with E-state index in [-0.39, 0.29) is 12.0 Å². The number of anilines is 3. The van der Waals surface area contributed by atoms with Gasteiger partial charge in [0.05, 0.1) is 38.4 Å². The van der Waals surface area contributed by atoms with Crippen LogP contribution in [0.25, 0.3) is 0 Å². The number of methoxy groups -OCH3 is 1. The molecular weight excluding hydrogens is 373 g/mol. The maximum absolute atomic E-state index is 9.95. The summed E-state index contributed by atoms with van der Waals surface area (Å²) >= 11 is 0. The summed E-state index contributed by atoms with van der Waals surface area (Å²) in [5.41, 5.74) is 3.09. The molecule has 1 saturated heterocycles. The first-order chi connectivity index (χ1) is 14.1. The predicted octanol–water partition coefficient (Wildman–Crippen LogP) is 1.10. The molecule has 29 heavy (non-hydrogen) atoms. The minimum atomic E-state index is -0.980. The van der Waals surface area contributed by atoms with E-state index in [1.54, 1.807) is 19.4 Å². The summed E-state index contributed by atoms with van der Waals surface area (Å²) in [5.74, 6) is 1.48. The number of benzene rings is 1. The van der Waals surface area contributed by atoms with Crippen LogP contribution in [0.5, 0.6) is 5.75 Å². The number of fused-ring (bicyclic) bond motifs is 1. The quantitative estimate of drug-likeness (QED) is 0.639. The first-order valence-electron chi connectivity index (χ1n) is 9.44. The molecule has 3 N–H and O–H groups in total. The Morgan fingerprint density at radius 1 is 1.41 bits per heavy atom. The molecule has 1 aromatic heterocycles. The van der Waals surface area contributed by atoms with E-state index in [4.69, 9.17) is 14.1 Å². The van der Waals surface area contributed by atoms with Crippen LogP contribution in [0.4, 0.5) is 17.5 Å². The third-order valence-electron chi connectivity index (χ3n) is 5.16. The Labute approximate surface area is 169 Å². The zero-order valence-electron chi connectivity index (χ0n) is 16.3. The summed E-state index contributed by atoms with van der Waals surface area (Å²) < 4.78 is 16.2. The molecule has 0 radical (unpaired) electrons. The molecular formula is C19H22BN5O4. The molecule has 0 spiro atoms. The van der Waals surface area contributed by atoms with Crippen molar-refractivity contribution in [1.29, 1.82) is 5.26 Å². The van der Waals surface area contributed by atoms with Gasteiger partial charge in [0.25, 0.3) is 0 Å². The van der Waals surface area contributed by atoms with Crippen molar-refractivity contribution in [1.82, 2.24) is 9.97 Å². The molecule has 2 aromatic rings. The predicted molar refractivity (Wildman–Crippen MR) is 107 cm³/mol. The number of aryl methyl sites for hydroxylation is 1. The standard InChI is InChI=1S/C19H22BN5O4/c1-11-8-22-19(25-18(11)24-15-10-28-4-3-12(15)7-21)23-14-5-13-9-29-20(26)17(13)16(6-14)27-2/h5-6,8,12,15,26H,3-4,9-10H2,1-2H3,(H2,22,23,24,25)/t12-,15+/m0/s1. The van der Waals surface area contributed by atoms with Gasteiger partial charge in [0.15, 0.2) is 0 Å². The number of nitrogens with one attached hydrogen (secondary N) is 2. The molecule has 0 saturated carbocycles. The molecule has 2 atom stereocenters. The van der Waals surface area contributed by atoms with E-state index in [2.05, 4.69) is 26.7 Å². The van der Waals surface area contributed by atoms with Crippen molar-refractivity contribution in [2.24, 2.45) is 5.92 Å².